The van der Waals surface area contributed by atoms with Gasteiger partial charge in [0.05, 0.1) is 29.9 Å². The molecule has 2 saturated carbocycles. The Hall–Kier alpha value is -1.88. The summed E-state index contributed by atoms with van der Waals surface area (Å²) in [7, 11) is 0. The van der Waals surface area contributed by atoms with E-state index in [1.165, 1.54) is 11.3 Å². The maximum Gasteiger partial charge on any atom is 0.348 e. The number of hydrogen-bond acceptors (Lipinski definition) is 5. The summed E-state index contributed by atoms with van der Waals surface area (Å²) in [6.45, 7) is 9.67. The van der Waals surface area contributed by atoms with Gasteiger partial charge in [0.15, 0.2) is 0 Å². The number of carboxylic acids is 1. The lowest BCUT2D eigenvalue weighted by atomic mass is 9.81. The average Bonchev–Trinajstić information content (AvgIpc) is 3.20. The minimum absolute atomic E-state index is 0.0181. The molecule has 0 spiro atoms. The molecule has 6 nitrogen and oxygen atoms in total. The predicted molar refractivity (Wildman–Crippen MR) is 138 cm³/mol. The summed E-state index contributed by atoms with van der Waals surface area (Å²) in [5.41, 5.74) is 0.340. The molecule has 0 unspecified atom stereocenters. The van der Waals surface area contributed by atoms with Gasteiger partial charge in [-0.05, 0) is 84.1 Å². The fourth-order valence-electron chi connectivity index (χ4n) is 5.23. The second-order valence-corrected chi connectivity index (χ2v) is 12.6. The molecule has 7 heteroatoms. The van der Waals surface area contributed by atoms with Crippen molar-refractivity contribution in [3.63, 3.8) is 0 Å². The van der Waals surface area contributed by atoms with Crippen LogP contribution in [0.25, 0.3) is 0 Å². The van der Waals surface area contributed by atoms with Crippen molar-refractivity contribution in [3.05, 3.63) is 15.8 Å². The van der Waals surface area contributed by atoms with Crippen LogP contribution >= 0.6 is 11.3 Å². The van der Waals surface area contributed by atoms with Gasteiger partial charge in [-0.1, -0.05) is 18.8 Å². The van der Waals surface area contributed by atoms with Crippen molar-refractivity contribution in [2.24, 2.45) is 17.3 Å². The molecule has 2 aliphatic carbocycles. The summed E-state index contributed by atoms with van der Waals surface area (Å²) in [5.74, 6) is 6.06. The summed E-state index contributed by atoms with van der Waals surface area (Å²) in [4.78, 5) is 29.0. The van der Waals surface area contributed by atoms with Gasteiger partial charge in [-0.3, -0.25) is 4.79 Å². The summed E-state index contributed by atoms with van der Waals surface area (Å²) < 4.78 is 11.4. The van der Waals surface area contributed by atoms with Crippen molar-refractivity contribution >= 4 is 28.9 Å². The highest BCUT2D eigenvalue weighted by Crippen LogP contribution is 2.39. The SMILES string of the molecule is CC(C)(C)C#Cc1cc(N(C(=O)[C@H]2CC[C@H](C)CC2)[C@H]2CC[C@@H](OC3COC3)CC2)c(C(=O)O)s1. The molecule has 0 aromatic carbocycles. The second-order valence-electron chi connectivity index (χ2n) is 11.5. The van der Waals surface area contributed by atoms with Crippen molar-refractivity contribution in [2.45, 2.75) is 97.3 Å². The molecule has 1 aromatic rings. The summed E-state index contributed by atoms with van der Waals surface area (Å²) in [6, 6.07) is 1.82. The zero-order valence-corrected chi connectivity index (χ0v) is 22.3. The highest BCUT2D eigenvalue weighted by molar-refractivity contribution is 7.15. The molecule has 1 aromatic heterocycles. The van der Waals surface area contributed by atoms with Crippen LogP contribution in [0.15, 0.2) is 6.07 Å². The molecule has 192 valence electrons. The van der Waals surface area contributed by atoms with E-state index in [-0.39, 0.29) is 40.4 Å². The van der Waals surface area contributed by atoms with Crippen molar-refractivity contribution in [1.29, 1.82) is 0 Å². The van der Waals surface area contributed by atoms with Crippen LogP contribution < -0.4 is 4.90 Å². The first kappa shape index (κ1) is 26.2. The van der Waals surface area contributed by atoms with Crippen molar-refractivity contribution < 1.29 is 24.2 Å². The number of amides is 1. The smallest absolute Gasteiger partial charge is 0.348 e. The number of anilines is 1. The van der Waals surface area contributed by atoms with Crippen LogP contribution in [0.5, 0.6) is 0 Å². The second kappa shape index (κ2) is 11.0. The molecule has 1 amide bonds. The van der Waals surface area contributed by atoms with Gasteiger partial charge >= 0.3 is 5.97 Å². The van der Waals surface area contributed by atoms with E-state index >= 15 is 0 Å². The molecule has 3 fully saturated rings. The Bertz CT molecular complexity index is 964. The third kappa shape index (κ3) is 6.67. The molecule has 4 rings (SSSR count). The topological polar surface area (TPSA) is 76.1 Å². The highest BCUT2D eigenvalue weighted by Gasteiger charge is 2.38. The lowest BCUT2D eigenvalue weighted by Gasteiger charge is -2.40. The van der Waals surface area contributed by atoms with Crippen molar-refractivity contribution in [2.75, 3.05) is 18.1 Å². The number of carbonyl (C=O) groups excluding carboxylic acids is 1. The van der Waals surface area contributed by atoms with Crippen molar-refractivity contribution in [1.82, 2.24) is 0 Å². The first-order valence-electron chi connectivity index (χ1n) is 13.1. The van der Waals surface area contributed by atoms with Crippen LogP contribution in [-0.4, -0.2) is 48.4 Å². The van der Waals surface area contributed by atoms with Gasteiger partial charge in [-0.25, -0.2) is 4.79 Å². The molecular weight excluding hydrogens is 462 g/mol. The molecule has 2 heterocycles. The largest absolute Gasteiger partial charge is 0.477 e. The molecule has 35 heavy (non-hydrogen) atoms. The molecular formula is C28H39NO5S. The first-order chi connectivity index (χ1) is 16.6. The monoisotopic (exact) mass is 501 g/mol. The van der Waals surface area contributed by atoms with E-state index < -0.39 is 5.97 Å². The summed E-state index contributed by atoms with van der Waals surface area (Å²) in [6.07, 6.45) is 7.58. The number of ether oxygens (including phenoxy) is 2. The zero-order chi connectivity index (χ0) is 25.2. The Morgan fingerprint density at radius 1 is 1.06 bits per heavy atom. The first-order valence-corrected chi connectivity index (χ1v) is 13.9. The quantitative estimate of drug-likeness (QED) is 0.504. The van der Waals surface area contributed by atoms with Gasteiger partial charge in [-0.15, -0.1) is 11.3 Å². The van der Waals surface area contributed by atoms with E-state index in [9.17, 15) is 14.7 Å². The molecule has 0 radical (unpaired) electrons. The summed E-state index contributed by atoms with van der Waals surface area (Å²) in [5, 5.41) is 10.0. The molecule has 1 saturated heterocycles. The number of aromatic carboxylic acids is 1. The summed E-state index contributed by atoms with van der Waals surface area (Å²) >= 11 is 1.18. The van der Waals surface area contributed by atoms with Gasteiger partial charge in [0.25, 0.3) is 0 Å². The maximum atomic E-state index is 14.0. The highest BCUT2D eigenvalue weighted by atomic mass is 32.1. The molecule has 1 aliphatic heterocycles. The lowest BCUT2D eigenvalue weighted by Crippen LogP contribution is -2.48. The Morgan fingerprint density at radius 3 is 2.26 bits per heavy atom. The molecule has 0 atom stereocenters. The fraction of sp³-hybridized carbons (Fsp3) is 0.714. The predicted octanol–water partition coefficient (Wildman–Crippen LogP) is 5.73. The van der Waals surface area contributed by atoms with E-state index in [4.69, 9.17) is 9.47 Å². The normalized spacial score (nSPS) is 27.4. The van der Waals surface area contributed by atoms with Crippen molar-refractivity contribution in [3.8, 4) is 11.8 Å². The van der Waals surface area contributed by atoms with Crippen LogP contribution in [0.4, 0.5) is 5.69 Å². The molecule has 1 N–H and O–H groups in total. The average molecular weight is 502 g/mol. The fourth-order valence-corrected chi connectivity index (χ4v) is 6.07. The van der Waals surface area contributed by atoms with Crippen LogP contribution in [0.2, 0.25) is 0 Å². The van der Waals surface area contributed by atoms with Gasteiger partial charge in [0.2, 0.25) is 5.91 Å². The molecule has 0 bridgehead atoms. The van der Waals surface area contributed by atoms with Gasteiger partial charge < -0.3 is 19.5 Å². The van der Waals surface area contributed by atoms with Gasteiger partial charge in [0, 0.05) is 17.4 Å². The standard InChI is InChI=1S/C28H39NO5S/c1-18-5-7-19(8-6-18)26(30)29(20-9-11-21(12-10-20)34-22-16-33-17-22)24-15-23(13-14-28(2,3)4)35-25(24)27(31)32/h15,18-22H,5-12,16-17H2,1-4H3,(H,31,32)/t18-,19-,20-,21+. The Morgan fingerprint density at radius 2 is 1.71 bits per heavy atom. The number of rotatable bonds is 6. The number of carboxylic acid groups (broad SMARTS) is 1. The minimum Gasteiger partial charge on any atom is -0.477 e. The van der Waals surface area contributed by atoms with Crippen LogP contribution in [-0.2, 0) is 14.3 Å². The van der Waals surface area contributed by atoms with Crippen LogP contribution in [0.3, 0.4) is 0 Å². The number of nitrogens with zero attached hydrogens (tertiary/aromatic N) is 1. The Kier molecular flexibility index (Phi) is 8.25. The van der Waals surface area contributed by atoms with E-state index in [1.807, 2.05) is 31.7 Å². The number of carbonyl (C=O) groups is 2. The third-order valence-electron chi connectivity index (χ3n) is 7.33. The number of hydrogen-bond donors (Lipinski definition) is 1. The van der Waals surface area contributed by atoms with Gasteiger partial charge in [0.1, 0.15) is 11.0 Å². The maximum absolute atomic E-state index is 14.0. The van der Waals surface area contributed by atoms with Crippen LogP contribution in [0, 0.1) is 29.1 Å². The van der Waals surface area contributed by atoms with E-state index in [1.54, 1.807) is 0 Å². The van der Waals surface area contributed by atoms with E-state index in [0.717, 1.165) is 51.4 Å². The molecule has 3 aliphatic rings. The van der Waals surface area contributed by atoms with Crippen LogP contribution in [0.1, 0.15) is 93.6 Å². The minimum atomic E-state index is -0.995. The van der Waals surface area contributed by atoms with E-state index in [2.05, 4.69) is 18.8 Å². The van der Waals surface area contributed by atoms with Gasteiger partial charge in [-0.2, -0.15) is 0 Å². The Balaban J connectivity index is 1.61. The third-order valence-corrected chi connectivity index (χ3v) is 8.36. The lowest BCUT2D eigenvalue weighted by molar-refractivity contribution is -0.160. The zero-order valence-electron chi connectivity index (χ0n) is 21.5. The van der Waals surface area contributed by atoms with E-state index in [0.29, 0.717) is 29.7 Å². The number of thiophene rings is 1. The Labute approximate surface area is 213 Å².